The zero-order valence-corrected chi connectivity index (χ0v) is 19.1. The molecule has 0 aliphatic carbocycles. The molecule has 1 amide bonds. The standard InChI is InChI=1S/C27H25N5O2/c1-15-10-24(28)31-16(2)23(15)13-29-27(33)18-5-7-20-22(12-18)26-19-6-4-17(11-21(19)25(20)34-26)14-32-9-3-8-30-32/h3-12,25-26H,13-14H2,1-2H3,(H2,28,31)(H,29,33). The summed E-state index contributed by atoms with van der Waals surface area (Å²) >= 11 is 0. The van der Waals surface area contributed by atoms with Crippen LogP contribution in [0.3, 0.4) is 0 Å². The SMILES string of the molecule is Cc1cc(N)nc(C)c1CNC(=O)c1ccc2c(c1)C1OC2c2cc(Cn3cccn3)ccc21. The number of benzene rings is 2. The highest BCUT2D eigenvalue weighted by Gasteiger charge is 2.42. The molecule has 0 fully saturated rings. The van der Waals surface area contributed by atoms with Crippen molar-refractivity contribution in [2.24, 2.45) is 0 Å². The van der Waals surface area contributed by atoms with Crippen LogP contribution in [0.5, 0.6) is 0 Å². The summed E-state index contributed by atoms with van der Waals surface area (Å²) in [5.74, 6) is 0.378. The molecule has 0 saturated carbocycles. The third-order valence-electron chi connectivity index (χ3n) is 6.81. The molecule has 3 N–H and O–H groups in total. The summed E-state index contributed by atoms with van der Waals surface area (Å²) in [5, 5.41) is 7.33. The smallest absolute Gasteiger partial charge is 0.251 e. The van der Waals surface area contributed by atoms with Gasteiger partial charge in [0.15, 0.2) is 0 Å². The first-order valence-electron chi connectivity index (χ1n) is 11.4. The zero-order chi connectivity index (χ0) is 23.4. The van der Waals surface area contributed by atoms with Gasteiger partial charge in [0.05, 0.1) is 6.54 Å². The van der Waals surface area contributed by atoms with Gasteiger partial charge in [-0.15, -0.1) is 0 Å². The number of nitrogen functional groups attached to an aromatic ring is 1. The molecule has 7 nitrogen and oxygen atoms in total. The number of hydrogen-bond donors (Lipinski definition) is 2. The Balaban J connectivity index is 1.21. The van der Waals surface area contributed by atoms with E-state index in [1.165, 1.54) is 16.7 Å². The predicted octanol–water partition coefficient (Wildman–Crippen LogP) is 3.98. The number of aryl methyl sites for hydroxylation is 2. The Hall–Kier alpha value is -3.97. The number of amides is 1. The third kappa shape index (κ3) is 3.36. The topological polar surface area (TPSA) is 95.1 Å². The summed E-state index contributed by atoms with van der Waals surface area (Å²) in [6.45, 7) is 5.03. The van der Waals surface area contributed by atoms with Crippen LogP contribution in [-0.4, -0.2) is 20.7 Å². The molecule has 170 valence electrons. The van der Waals surface area contributed by atoms with Gasteiger partial charge < -0.3 is 15.8 Å². The maximum Gasteiger partial charge on any atom is 0.251 e. The maximum atomic E-state index is 12.9. The number of ether oxygens (including phenoxy) is 1. The van der Waals surface area contributed by atoms with Crippen molar-refractivity contribution in [3.8, 4) is 0 Å². The average Bonchev–Trinajstić information content (AvgIpc) is 3.54. The highest BCUT2D eigenvalue weighted by Crippen LogP contribution is 2.54. The van der Waals surface area contributed by atoms with Gasteiger partial charge in [0, 0.05) is 30.2 Å². The first-order valence-corrected chi connectivity index (χ1v) is 11.4. The molecule has 2 aliphatic rings. The highest BCUT2D eigenvalue weighted by atomic mass is 16.5. The van der Waals surface area contributed by atoms with E-state index in [-0.39, 0.29) is 18.1 Å². The quantitative estimate of drug-likeness (QED) is 0.479. The van der Waals surface area contributed by atoms with E-state index in [4.69, 9.17) is 10.5 Å². The van der Waals surface area contributed by atoms with Crippen LogP contribution in [0.4, 0.5) is 5.82 Å². The minimum atomic E-state index is -0.132. The van der Waals surface area contributed by atoms with Crippen LogP contribution < -0.4 is 11.1 Å². The maximum absolute atomic E-state index is 12.9. The molecule has 2 unspecified atom stereocenters. The van der Waals surface area contributed by atoms with E-state index in [9.17, 15) is 4.79 Å². The van der Waals surface area contributed by atoms with Crippen molar-refractivity contribution in [2.75, 3.05) is 5.73 Å². The number of pyridine rings is 1. The number of fused-ring (bicyclic) bond motifs is 8. The van der Waals surface area contributed by atoms with Gasteiger partial charge in [0.25, 0.3) is 5.91 Å². The van der Waals surface area contributed by atoms with Crippen LogP contribution in [0, 0.1) is 13.8 Å². The van der Waals surface area contributed by atoms with Crippen molar-refractivity contribution >= 4 is 11.7 Å². The molecular weight excluding hydrogens is 426 g/mol. The molecule has 2 aliphatic heterocycles. The fourth-order valence-electron chi connectivity index (χ4n) is 5.14. The average molecular weight is 452 g/mol. The molecule has 0 saturated heterocycles. The minimum absolute atomic E-state index is 0.0872. The molecule has 34 heavy (non-hydrogen) atoms. The van der Waals surface area contributed by atoms with Gasteiger partial charge in [-0.3, -0.25) is 9.48 Å². The van der Waals surface area contributed by atoms with E-state index in [1.54, 1.807) is 6.20 Å². The molecule has 4 heterocycles. The third-order valence-corrected chi connectivity index (χ3v) is 6.81. The lowest BCUT2D eigenvalue weighted by atomic mass is 9.84. The fourth-order valence-corrected chi connectivity index (χ4v) is 5.14. The molecule has 2 aromatic heterocycles. The number of carbonyl (C=O) groups is 1. The Kier molecular flexibility index (Phi) is 4.74. The Morgan fingerprint density at radius 2 is 1.82 bits per heavy atom. The van der Waals surface area contributed by atoms with Gasteiger partial charge in [-0.25, -0.2) is 4.98 Å². The molecule has 7 heteroatoms. The number of carbonyl (C=O) groups excluding carboxylic acids is 1. The van der Waals surface area contributed by atoms with Crippen LogP contribution in [0.1, 0.15) is 67.2 Å². The number of nitrogens with two attached hydrogens (primary N) is 1. The number of nitrogens with one attached hydrogen (secondary N) is 1. The van der Waals surface area contributed by atoms with E-state index < -0.39 is 0 Å². The van der Waals surface area contributed by atoms with Crippen molar-refractivity contribution in [3.05, 3.63) is 111 Å². The Morgan fingerprint density at radius 3 is 2.56 bits per heavy atom. The van der Waals surface area contributed by atoms with Gasteiger partial charge in [-0.1, -0.05) is 24.3 Å². The first-order chi connectivity index (χ1) is 16.5. The molecule has 2 bridgehead atoms. The van der Waals surface area contributed by atoms with Crippen LogP contribution in [-0.2, 0) is 17.8 Å². The monoisotopic (exact) mass is 451 g/mol. The van der Waals surface area contributed by atoms with Crippen molar-refractivity contribution in [1.29, 1.82) is 0 Å². The predicted molar refractivity (Wildman–Crippen MR) is 128 cm³/mol. The number of rotatable bonds is 5. The number of hydrogen-bond acceptors (Lipinski definition) is 5. The molecular formula is C27H25N5O2. The van der Waals surface area contributed by atoms with E-state index in [0.717, 1.165) is 34.5 Å². The number of aromatic nitrogens is 3. The molecule has 2 aromatic carbocycles. The van der Waals surface area contributed by atoms with E-state index in [2.05, 4.69) is 33.6 Å². The molecule has 0 radical (unpaired) electrons. The molecule has 6 rings (SSSR count). The Bertz CT molecular complexity index is 1400. The van der Waals surface area contributed by atoms with E-state index in [0.29, 0.717) is 17.9 Å². The van der Waals surface area contributed by atoms with Crippen LogP contribution in [0.15, 0.2) is 60.9 Å². The summed E-state index contributed by atoms with van der Waals surface area (Å²) in [7, 11) is 0. The van der Waals surface area contributed by atoms with Gasteiger partial charge in [0.1, 0.15) is 18.0 Å². The minimum Gasteiger partial charge on any atom is -0.384 e. The van der Waals surface area contributed by atoms with Crippen molar-refractivity contribution in [2.45, 2.75) is 39.1 Å². The Morgan fingerprint density at radius 1 is 1.06 bits per heavy atom. The summed E-state index contributed by atoms with van der Waals surface area (Å²) in [4.78, 5) is 17.3. The lowest BCUT2D eigenvalue weighted by Crippen LogP contribution is -2.24. The second-order valence-corrected chi connectivity index (χ2v) is 9.02. The second kappa shape index (κ2) is 7.81. The van der Waals surface area contributed by atoms with Crippen LogP contribution in [0.25, 0.3) is 0 Å². The van der Waals surface area contributed by atoms with Crippen LogP contribution >= 0.6 is 0 Å². The molecule has 2 atom stereocenters. The lowest BCUT2D eigenvalue weighted by Gasteiger charge is -2.18. The normalized spacial score (nSPS) is 17.5. The fraction of sp³-hybridized carbons (Fsp3) is 0.222. The largest absolute Gasteiger partial charge is 0.384 e. The Labute approximate surface area is 197 Å². The van der Waals surface area contributed by atoms with Gasteiger partial charge in [0.2, 0.25) is 0 Å². The number of anilines is 1. The summed E-state index contributed by atoms with van der Waals surface area (Å²) in [6.07, 6.45) is 3.53. The summed E-state index contributed by atoms with van der Waals surface area (Å²) in [6, 6.07) is 16.1. The lowest BCUT2D eigenvalue weighted by molar-refractivity contribution is 0.0857. The van der Waals surface area contributed by atoms with Crippen LogP contribution in [0.2, 0.25) is 0 Å². The highest BCUT2D eigenvalue weighted by molar-refractivity contribution is 5.94. The van der Waals surface area contributed by atoms with Crippen molar-refractivity contribution in [1.82, 2.24) is 20.1 Å². The summed E-state index contributed by atoms with van der Waals surface area (Å²) < 4.78 is 8.25. The van der Waals surface area contributed by atoms with Crippen molar-refractivity contribution in [3.63, 3.8) is 0 Å². The van der Waals surface area contributed by atoms with Gasteiger partial charge >= 0.3 is 0 Å². The van der Waals surface area contributed by atoms with E-state index in [1.807, 2.05) is 55.1 Å². The molecule has 4 aromatic rings. The zero-order valence-electron chi connectivity index (χ0n) is 19.1. The van der Waals surface area contributed by atoms with Crippen molar-refractivity contribution < 1.29 is 9.53 Å². The number of nitrogens with zero attached hydrogens (tertiary/aromatic N) is 3. The first kappa shape index (κ1) is 20.6. The summed E-state index contributed by atoms with van der Waals surface area (Å²) in [5.41, 5.74) is 15.1. The van der Waals surface area contributed by atoms with Gasteiger partial charge in [-0.2, -0.15) is 5.10 Å². The van der Waals surface area contributed by atoms with Gasteiger partial charge in [-0.05, 0) is 77.1 Å². The van der Waals surface area contributed by atoms with E-state index >= 15 is 0 Å². The molecule has 0 spiro atoms. The second-order valence-electron chi connectivity index (χ2n) is 9.02.